The molecular formula is C35H35N5O6S. The normalized spacial score (nSPS) is 18.0. The van der Waals surface area contributed by atoms with Crippen molar-refractivity contribution in [2.75, 3.05) is 55.7 Å². The molecule has 0 bridgehead atoms. The number of methoxy groups -OCH3 is 1. The first-order valence-corrected chi connectivity index (χ1v) is 16.8. The van der Waals surface area contributed by atoms with Crippen LogP contribution in [0.1, 0.15) is 30.5 Å². The second-order valence-electron chi connectivity index (χ2n) is 11.0. The van der Waals surface area contributed by atoms with E-state index >= 15 is 4.79 Å². The molecule has 0 saturated carbocycles. The Balaban J connectivity index is 1.57. The fourth-order valence-corrected chi connectivity index (χ4v) is 8.14. The summed E-state index contributed by atoms with van der Waals surface area (Å²) in [6, 6.07) is 22.3. The number of aromatic nitrogens is 1. The second-order valence-corrected chi connectivity index (χ2v) is 12.7. The van der Waals surface area contributed by atoms with Crippen LogP contribution >= 0.6 is 0 Å². The molecule has 0 aliphatic carbocycles. The lowest BCUT2D eigenvalue weighted by atomic mass is 9.80. The van der Waals surface area contributed by atoms with Crippen LogP contribution in [0.15, 0.2) is 90.1 Å². The molecule has 3 heterocycles. The van der Waals surface area contributed by atoms with Crippen molar-refractivity contribution in [2.45, 2.75) is 24.3 Å². The first-order chi connectivity index (χ1) is 22.8. The van der Waals surface area contributed by atoms with Crippen LogP contribution < -0.4 is 23.4 Å². The average molecular weight is 654 g/mol. The molecule has 12 heteroatoms. The SMILES string of the molecule is CCOc1ccc(S(=O)(=O)N2C(=O)C(c3ccccc3OCC)(N3CCN(c4ccncc4)CC3)c3cc(C#N)ccc32)c(OC)c1. The van der Waals surface area contributed by atoms with E-state index in [0.717, 1.165) is 9.99 Å². The minimum Gasteiger partial charge on any atom is -0.495 e. The summed E-state index contributed by atoms with van der Waals surface area (Å²) < 4.78 is 47.5. The third kappa shape index (κ3) is 5.31. The maximum Gasteiger partial charge on any atom is 0.274 e. The molecule has 2 aliphatic heterocycles. The second kappa shape index (κ2) is 12.9. The van der Waals surface area contributed by atoms with Crippen LogP contribution in [-0.2, 0) is 20.4 Å². The summed E-state index contributed by atoms with van der Waals surface area (Å²) in [6.45, 7) is 6.31. The van der Waals surface area contributed by atoms with Crippen LogP contribution in [0, 0.1) is 11.3 Å². The molecule has 1 aromatic heterocycles. The lowest BCUT2D eigenvalue weighted by Crippen LogP contribution is -2.60. The Hall–Kier alpha value is -5.12. The van der Waals surface area contributed by atoms with Gasteiger partial charge in [-0.05, 0) is 62.4 Å². The van der Waals surface area contributed by atoms with Crippen molar-refractivity contribution in [3.63, 3.8) is 0 Å². The number of para-hydroxylation sites is 1. The molecule has 1 fully saturated rings. The van der Waals surface area contributed by atoms with Crippen LogP contribution in [0.3, 0.4) is 0 Å². The number of rotatable bonds is 10. The fraction of sp³-hybridized carbons (Fsp3) is 0.286. The summed E-state index contributed by atoms with van der Waals surface area (Å²) >= 11 is 0. The summed E-state index contributed by atoms with van der Waals surface area (Å²) in [5, 5.41) is 9.98. The van der Waals surface area contributed by atoms with Gasteiger partial charge in [-0.25, -0.2) is 12.7 Å². The smallest absolute Gasteiger partial charge is 0.274 e. The molecule has 1 atom stereocenters. The van der Waals surface area contributed by atoms with E-state index < -0.39 is 21.5 Å². The highest BCUT2D eigenvalue weighted by Crippen LogP contribution is 2.53. The highest BCUT2D eigenvalue weighted by atomic mass is 32.2. The first kappa shape index (κ1) is 31.8. The van der Waals surface area contributed by atoms with Crippen LogP contribution in [0.5, 0.6) is 17.2 Å². The number of anilines is 2. The number of hydrogen-bond acceptors (Lipinski definition) is 10. The molecule has 1 amide bonds. The summed E-state index contributed by atoms with van der Waals surface area (Å²) in [5.41, 5.74) is 0.705. The van der Waals surface area contributed by atoms with Crippen LogP contribution in [-0.4, -0.2) is 70.7 Å². The average Bonchev–Trinajstić information content (AvgIpc) is 3.37. The van der Waals surface area contributed by atoms with Crippen molar-refractivity contribution in [2.24, 2.45) is 0 Å². The van der Waals surface area contributed by atoms with Gasteiger partial charge in [0.2, 0.25) is 0 Å². The molecule has 1 saturated heterocycles. The number of piperazine rings is 1. The van der Waals surface area contributed by atoms with Gasteiger partial charge >= 0.3 is 0 Å². The van der Waals surface area contributed by atoms with E-state index in [4.69, 9.17) is 14.2 Å². The summed E-state index contributed by atoms with van der Waals surface area (Å²) in [5.74, 6) is 0.230. The van der Waals surface area contributed by atoms with Gasteiger partial charge in [-0.1, -0.05) is 18.2 Å². The van der Waals surface area contributed by atoms with Gasteiger partial charge in [-0.15, -0.1) is 0 Å². The Morgan fingerprint density at radius 2 is 1.60 bits per heavy atom. The van der Waals surface area contributed by atoms with E-state index in [1.807, 2.05) is 36.9 Å². The number of amides is 1. The summed E-state index contributed by atoms with van der Waals surface area (Å²) in [4.78, 5) is 23.5. The van der Waals surface area contributed by atoms with E-state index in [1.54, 1.807) is 36.7 Å². The molecule has 242 valence electrons. The number of hydrogen-bond donors (Lipinski definition) is 0. The number of carbonyl (C=O) groups is 1. The molecular weight excluding hydrogens is 618 g/mol. The van der Waals surface area contributed by atoms with Gasteiger partial charge in [0.15, 0.2) is 5.54 Å². The number of pyridine rings is 1. The minimum absolute atomic E-state index is 0.0390. The van der Waals surface area contributed by atoms with Gasteiger partial charge in [0.1, 0.15) is 22.1 Å². The molecule has 47 heavy (non-hydrogen) atoms. The van der Waals surface area contributed by atoms with Crippen LogP contribution in [0.2, 0.25) is 0 Å². The van der Waals surface area contributed by atoms with Crippen molar-refractivity contribution in [3.05, 3.63) is 102 Å². The molecule has 4 aromatic rings. The Morgan fingerprint density at radius 3 is 2.28 bits per heavy atom. The zero-order valence-electron chi connectivity index (χ0n) is 26.4. The monoisotopic (exact) mass is 653 g/mol. The third-order valence-corrected chi connectivity index (χ3v) is 10.3. The largest absolute Gasteiger partial charge is 0.495 e. The van der Waals surface area contributed by atoms with Crippen LogP contribution in [0.4, 0.5) is 11.4 Å². The van der Waals surface area contributed by atoms with Crippen molar-refractivity contribution in [1.29, 1.82) is 5.26 Å². The Kier molecular flexibility index (Phi) is 8.77. The predicted octanol–water partition coefficient (Wildman–Crippen LogP) is 4.56. The summed E-state index contributed by atoms with van der Waals surface area (Å²) in [6.07, 6.45) is 3.47. The fourth-order valence-electron chi connectivity index (χ4n) is 6.54. The van der Waals surface area contributed by atoms with E-state index in [-0.39, 0.29) is 16.3 Å². The van der Waals surface area contributed by atoms with Gasteiger partial charge in [-0.3, -0.25) is 14.7 Å². The molecule has 0 spiro atoms. The quantitative estimate of drug-likeness (QED) is 0.241. The van der Waals surface area contributed by atoms with Gasteiger partial charge in [0.05, 0.1) is 37.6 Å². The maximum atomic E-state index is 15.4. The first-order valence-electron chi connectivity index (χ1n) is 15.4. The molecule has 2 aliphatic rings. The Labute approximate surface area is 274 Å². The maximum absolute atomic E-state index is 15.4. The van der Waals surface area contributed by atoms with E-state index in [0.29, 0.717) is 67.6 Å². The van der Waals surface area contributed by atoms with Crippen LogP contribution in [0.25, 0.3) is 0 Å². The minimum atomic E-state index is -4.56. The topological polar surface area (TPSA) is 125 Å². The number of nitriles is 1. The molecule has 6 rings (SSSR count). The molecule has 3 aromatic carbocycles. The number of ether oxygens (including phenoxy) is 3. The number of benzene rings is 3. The van der Waals surface area contributed by atoms with Gasteiger partial charge < -0.3 is 19.1 Å². The Bertz CT molecular complexity index is 1940. The van der Waals surface area contributed by atoms with E-state index in [1.165, 1.54) is 37.4 Å². The zero-order chi connectivity index (χ0) is 33.2. The number of sulfonamides is 1. The van der Waals surface area contributed by atoms with Gasteiger partial charge in [-0.2, -0.15) is 5.26 Å². The molecule has 0 N–H and O–H groups in total. The van der Waals surface area contributed by atoms with Gasteiger partial charge in [0.25, 0.3) is 15.9 Å². The lowest BCUT2D eigenvalue weighted by molar-refractivity contribution is -0.127. The van der Waals surface area contributed by atoms with E-state index in [9.17, 15) is 13.7 Å². The number of carbonyl (C=O) groups excluding carboxylic acids is 1. The molecule has 1 unspecified atom stereocenters. The summed E-state index contributed by atoms with van der Waals surface area (Å²) in [7, 11) is -3.19. The molecule has 0 radical (unpaired) electrons. The number of nitrogens with zero attached hydrogens (tertiary/aromatic N) is 5. The Morgan fingerprint density at radius 1 is 0.872 bits per heavy atom. The highest BCUT2D eigenvalue weighted by Gasteiger charge is 2.60. The standard InChI is InChI=1S/C35H35N5O6S/c1-4-45-27-11-13-33(32(23-27)44-3)47(42,43)40-30-12-10-25(24-36)22-29(30)35(34(40)41,28-8-6-7-9-31(28)46-5-2)39-20-18-38(19-21-39)26-14-16-37-17-15-26/h6-17,22-23H,4-5,18-21H2,1-3H3. The number of fused-ring (bicyclic) bond motifs is 1. The highest BCUT2D eigenvalue weighted by molar-refractivity contribution is 7.93. The van der Waals surface area contributed by atoms with Gasteiger partial charge in [0, 0.05) is 61.5 Å². The van der Waals surface area contributed by atoms with Crippen molar-refractivity contribution < 1.29 is 27.4 Å². The van der Waals surface area contributed by atoms with Crippen molar-refractivity contribution in [1.82, 2.24) is 9.88 Å². The van der Waals surface area contributed by atoms with Crippen molar-refractivity contribution >= 4 is 27.3 Å². The predicted molar refractivity (Wildman–Crippen MR) is 176 cm³/mol. The van der Waals surface area contributed by atoms with Crippen molar-refractivity contribution in [3.8, 4) is 23.3 Å². The molecule has 11 nitrogen and oxygen atoms in total. The van der Waals surface area contributed by atoms with E-state index in [2.05, 4.69) is 16.0 Å². The third-order valence-electron chi connectivity index (χ3n) is 8.55. The lowest BCUT2D eigenvalue weighted by Gasteiger charge is -2.46. The zero-order valence-corrected chi connectivity index (χ0v) is 27.2.